The van der Waals surface area contributed by atoms with Crippen LogP contribution in [0.3, 0.4) is 0 Å². The van der Waals surface area contributed by atoms with E-state index in [-0.39, 0.29) is 6.10 Å². The fourth-order valence-electron chi connectivity index (χ4n) is 2.93. The number of aliphatic hydroxyl groups is 1. The Kier molecular flexibility index (Phi) is 2.86. The maximum atomic E-state index is 10.3. The molecule has 17 heavy (non-hydrogen) atoms. The molecule has 0 saturated heterocycles. The second kappa shape index (κ2) is 4.50. The summed E-state index contributed by atoms with van der Waals surface area (Å²) in [5.41, 5.74) is 5.30. The average Bonchev–Trinajstić information content (AvgIpc) is 2.67. The van der Waals surface area contributed by atoms with E-state index < -0.39 is 0 Å². The van der Waals surface area contributed by atoms with Gasteiger partial charge in [-0.1, -0.05) is 36.4 Å². The molecule has 3 rings (SSSR count). The Morgan fingerprint density at radius 1 is 1.12 bits per heavy atom. The Labute approximate surface area is 102 Å². The molecule has 0 aromatic heterocycles. The molecule has 2 aliphatic rings. The van der Waals surface area contributed by atoms with Crippen molar-refractivity contribution in [2.45, 2.75) is 38.2 Å². The van der Waals surface area contributed by atoms with Crippen LogP contribution in [0, 0.1) is 0 Å². The predicted molar refractivity (Wildman–Crippen MR) is 70.7 cm³/mol. The Morgan fingerprint density at radius 2 is 2.00 bits per heavy atom. The molecule has 0 radical (unpaired) electrons. The summed E-state index contributed by atoms with van der Waals surface area (Å²) in [5, 5.41) is 10.3. The van der Waals surface area contributed by atoms with E-state index in [0.717, 1.165) is 31.3 Å². The summed E-state index contributed by atoms with van der Waals surface area (Å²) in [5.74, 6) is 0. The van der Waals surface area contributed by atoms with Crippen LogP contribution in [0.2, 0.25) is 0 Å². The van der Waals surface area contributed by atoms with Gasteiger partial charge in [0.05, 0.1) is 6.10 Å². The molecule has 0 saturated carbocycles. The molecule has 0 spiro atoms. The molecule has 0 heterocycles. The van der Waals surface area contributed by atoms with Crippen molar-refractivity contribution in [3.8, 4) is 0 Å². The summed E-state index contributed by atoms with van der Waals surface area (Å²) >= 11 is 0. The monoisotopic (exact) mass is 226 g/mol. The minimum atomic E-state index is -0.285. The third-order valence-electron chi connectivity index (χ3n) is 3.83. The average molecular weight is 226 g/mol. The lowest BCUT2D eigenvalue weighted by Gasteiger charge is -2.13. The summed E-state index contributed by atoms with van der Waals surface area (Å²) in [6.07, 6.45) is 9.31. The maximum Gasteiger partial charge on any atom is 0.0796 e. The van der Waals surface area contributed by atoms with Gasteiger partial charge < -0.3 is 5.11 Å². The van der Waals surface area contributed by atoms with Crippen LogP contribution in [0.4, 0.5) is 0 Å². The molecule has 88 valence electrons. The second-order valence-electron chi connectivity index (χ2n) is 4.94. The summed E-state index contributed by atoms with van der Waals surface area (Å²) in [6, 6.07) is 8.62. The molecule has 1 N–H and O–H groups in total. The van der Waals surface area contributed by atoms with E-state index in [1.807, 2.05) is 0 Å². The number of hydrogen-bond acceptors (Lipinski definition) is 1. The normalized spacial score (nSPS) is 23.7. The van der Waals surface area contributed by atoms with Crippen molar-refractivity contribution >= 4 is 5.57 Å². The molecule has 1 aromatic rings. The van der Waals surface area contributed by atoms with Gasteiger partial charge in [-0.2, -0.15) is 0 Å². The maximum absolute atomic E-state index is 10.3. The minimum absolute atomic E-state index is 0.285. The van der Waals surface area contributed by atoms with E-state index in [9.17, 15) is 5.11 Å². The molecule has 0 fully saturated rings. The van der Waals surface area contributed by atoms with Crippen molar-refractivity contribution in [2.24, 2.45) is 0 Å². The van der Waals surface area contributed by atoms with Gasteiger partial charge in [-0.25, -0.2) is 0 Å². The van der Waals surface area contributed by atoms with Crippen molar-refractivity contribution in [1.29, 1.82) is 0 Å². The molecule has 1 unspecified atom stereocenters. The summed E-state index contributed by atoms with van der Waals surface area (Å²) in [7, 11) is 0. The van der Waals surface area contributed by atoms with Crippen molar-refractivity contribution in [3.63, 3.8) is 0 Å². The summed E-state index contributed by atoms with van der Waals surface area (Å²) in [6.45, 7) is 0. The number of rotatable bonds is 0. The first-order valence-corrected chi connectivity index (χ1v) is 6.52. The zero-order valence-corrected chi connectivity index (χ0v) is 10.0. The number of benzene rings is 1. The number of aryl methyl sites for hydroxylation is 1. The third kappa shape index (κ3) is 1.96. The highest BCUT2D eigenvalue weighted by molar-refractivity contribution is 5.75. The SMILES string of the molecule is OC1CCc2ccccc2C2=C1C=CCCC2. The van der Waals surface area contributed by atoms with Gasteiger partial charge in [0.2, 0.25) is 0 Å². The Balaban J connectivity index is 2.17. The highest BCUT2D eigenvalue weighted by atomic mass is 16.3. The first-order chi connectivity index (χ1) is 8.36. The highest BCUT2D eigenvalue weighted by Crippen LogP contribution is 2.35. The number of hydrogen-bond donors (Lipinski definition) is 1. The molecular formula is C16H18O. The molecule has 1 aromatic carbocycles. The lowest BCUT2D eigenvalue weighted by atomic mass is 9.93. The largest absolute Gasteiger partial charge is 0.388 e. The number of aliphatic hydroxyl groups excluding tert-OH is 1. The van der Waals surface area contributed by atoms with Crippen LogP contribution in [0.25, 0.3) is 5.57 Å². The van der Waals surface area contributed by atoms with E-state index in [4.69, 9.17) is 0 Å². The molecule has 0 bridgehead atoms. The van der Waals surface area contributed by atoms with E-state index >= 15 is 0 Å². The van der Waals surface area contributed by atoms with Gasteiger partial charge in [0.15, 0.2) is 0 Å². The van der Waals surface area contributed by atoms with Crippen LogP contribution in [0.1, 0.15) is 36.8 Å². The standard InChI is InChI=1S/C16H18O/c17-16-11-10-12-6-4-5-7-13(12)14-8-2-1-3-9-15(14)16/h3-7,9,16-17H,1-2,8,10-11H2. The van der Waals surface area contributed by atoms with Gasteiger partial charge in [0.1, 0.15) is 0 Å². The third-order valence-corrected chi connectivity index (χ3v) is 3.83. The van der Waals surface area contributed by atoms with Crippen LogP contribution in [-0.4, -0.2) is 11.2 Å². The fraction of sp³-hybridized carbons (Fsp3) is 0.375. The number of fused-ring (bicyclic) bond motifs is 2. The molecule has 1 heteroatoms. The van der Waals surface area contributed by atoms with Crippen LogP contribution in [0.15, 0.2) is 42.0 Å². The summed E-state index contributed by atoms with van der Waals surface area (Å²) < 4.78 is 0. The van der Waals surface area contributed by atoms with Gasteiger partial charge in [0.25, 0.3) is 0 Å². The molecule has 2 aliphatic carbocycles. The Bertz CT molecular complexity index is 482. The van der Waals surface area contributed by atoms with E-state index in [1.165, 1.54) is 23.1 Å². The first kappa shape index (κ1) is 10.8. The van der Waals surface area contributed by atoms with Crippen molar-refractivity contribution in [1.82, 2.24) is 0 Å². The lowest BCUT2D eigenvalue weighted by molar-refractivity contribution is 0.206. The zero-order valence-electron chi connectivity index (χ0n) is 10.0. The van der Waals surface area contributed by atoms with Gasteiger partial charge in [0, 0.05) is 0 Å². The van der Waals surface area contributed by atoms with Crippen molar-refractivity contribution in [3.05, 3.63) is 53.1 Å². The summed E-state index contributed by atoms with van der Waals surface area (Å²) in [4.78, 5) is 0. The fourth-order valence-corrected chi connectivity index (χ4v) is 2.93. The minimum Gasteiger partial charge on any atom is -0.388 e. The van der Waals surface area contributed by atoms with E-state index in [0.29, 0.717) is 0 Å². The van der Waals surface area contributed by atoms with Gasteiger partial charge in [-0.3, -0.25) is 0 Å². The Hall–Kier alpha value is -1.34. The van der Waals surface area contributed by atoms with Crippen LogP contribution < -0.4 is 0 Å². The van der Waals surface area contributed by atoms with Gasteiger partial charge in [-0.05, 0) is 54.4 Å². The lowest BCUT2D eigenvalue weighted by Crippen LogP contribution is -2.09. The molecule has 1 nitrogen and oxygen atoms in total. The van der Waals surface area contributed by atoms with Gasteiger partial charge >= 0.3 is 0 Å². The van der Waals surface area contributed by atoms with E-state index in [2.05, 4.69) is 36.4 Å². The second-order valence-corrected chi connectivity index (χ2v) is 4.94. The predicted octanol–water partition coefficient (Wildman–Crippen LogP) is 3.49. The quantitative estimate of drug-likeness (QED) is 0.718. The number of allylic oxidation sites excluding steroid dienone is 2. The van der Waals surface area contributed by atoms with Crippen LogP contribution in [0.5, 0.6) is 0 Å². The zero-order chi connectivity index (χ0) is 11.7. The van der Waals surface area contributed by atoms with E-state index in [1.54, 1.807) is 0 Å². The molecule has 0 aliphatic heterocycles. The molecule has 1 atom stereocenters. The topological polar surface area (TPSA) is 20.2 Å². The van der Waals surface area contributed by atoms with Crippen molar-refractivity contribution in [2.75, 3.05) is 0 Å². The highest BCUT2D eigenvalue weighted by Gasteiger charge is 2.22. The first-order valence-electron chi connectivity index (χ1n) is 6.52. The Morgan fingerprint density at radius 3 is 2.94 bits per heavy atom. The van der Waals surface area contributed by atoms with Crippen LogP contribution in [-0.2, 0) is 6.42 Å². The van der Waals surface area contributed by atoms with Gasteiger partial charge in [-0.15, -0.1) is 0 Å². The molecular weight excluding hydrogens is 208 g/mol. The molecule has 0 amide bonds. The van der Waals surface area contributed by atoms with Crippen molar-refractivity contribution < 1.29 is 5.11 Å². The smallest absolute Gasteiger partial charge is 0.0796 e. The van der Waals surface area contributed by atoms with Crippen LogP contribution >= 0.6 is 0 Å².